The van der Waals surface area contributed by atoms with E-state index < -0.39 is 66.4 Å². The standard InChI is InChI=1S/C19H35N5O8S/c1-10(25)15(21)18(30)24-13(9-14(26)27)17(29)22-11(6-8-33-2)16(28)23-12(19(31)32)5-3-4-7-20/h10-13,15,25H,3-9,20-21H2,1-2H3,(H,22,29)(H,23,28)(H,24,30)(H,26,27)(H,31,32). The third kappa shape index (κ3) is 12.4. The van der Waals surface area contributed by atoms with Gasteiger partial charge in [0.15, 0.2) is 0 Å². The first-order valence-electron chi connectivity index (χ1n) is 10.4. The van der Waals surface area contributed by atoms with Crippen molar-refractivity contribution in [3.63, 3.8) is 0 Å². The first kappa shape index (κ1) is 30.6. The summed E-state index contributed by atoms with van der Waals surface area (Å²) in [5, 5.41) is 34.8. The minimum absolute atomic E-state index is 0.134. The summed E-state index contributed by atoms with van der Waals surface area (Å²) in [5.74, 6) is -4.84. The highest BCUT2D eigenvalue weighted by Gasteiger charge is 2.31. The number of nitrogens with one attached hydrogen (secondary N) is 3. The zero-order chi connectivity index (χ0) is 25.6. The van der Waals surface area contributed by atoms with Crippen LogP contribution in [0.1, 0.15) is 39.0 Å². The zero-order valence-corrected chi connectivity index (χ0v) is 19.6. The van der Waals surface area contributed by atoms with Crippen molar-refractivity contribution in [3.8, 4) is 0 Å². The fourth-order valence-electron chi connectivity index (χ4n) is 2.67. The number of carboxylic acid groups (broad SMARTS) is 2. The van der Waals surface area contributed by atoms with Gasteiger partial charge in [0.2, 0.25) is 17.7 Å². The van der Waals surface area contributed by atoms with Crippen molar-refractivity contribution in [1.29, 1.82) is 0 Å². The van der Waals surface area contributed by atoms with Crippen LogP contribution < -0.4 is 27.4 Å². The molecule has 0 saturated heterocycles. The Morgan fingerprint density at radius 2 is 1.42 bits per heavy atom. The molecule has 13 nitrogen and oxygen atoms in total. The minimum atomic E-state index is -1.57. The van der Waals surface area contributed by atoms with Gasteiger partial charge >= 0.3 is 11.9 Å². The molecule has 0 heterocycles. The zero-order valence-electron chi connectivity index (χ0n) is 18.8. The van der Waals surface area contributed by atoms with E-state index in [2.05, 4.69) is 16.0 Å². The summed E-state index contributed by atoms with van der Waals surface area (Å²) in [4.78, 5) is 60.2. The van der Waals surface area contributed by atoms with Crippen LogP contribution in [0.3, 0.4) is 0 Å². The summed E-state index contributed by atoms with van der Waals surface area (Å²) >= 11 is 1.38. The van der Waals surface area contributed by atoms with E-state index in [-0.39, 0.29) is 12.8 Å². The van der Waals surface area contributed by atoms with Gasteiger partial charge in [0.25, 0.3) is 0 Å². The molecule has 0 aliphatic rings. The van der Waals surface area contributed by atoms with Crippen LogP contribution >= 0.6 is 11.8 Å². The Morgan fingerprint density at radius 1 is 0.879 bits per heavy atom. The minimum Gasteiger partial charge on any atom is -0.481 e. The highest BCUT2D eigenvalue weighted by molar-refractivity contribution is 7.98. The summed E-state index contributed by atoms with van der Waals surface area (Å²) in [6.07, 6.45) is 1.08. The van der Waals surface area contributed by atoms with Gasteiger partial charge in [-0.05, 0) is 51.2 Å². The van der Waals surface area contributed by atoms with Crippen LogP contribution in [0.15, 0.2) is 0 Å². The molecule has 0 aromatic rings. The average Bonchev–Trinajstić information content (AvgIpc) is 2.73. The maximum atomic E-state index is 12.7. The van der Waals surface area contributed by atoms with Crippen molar-refractivity contribution in [2.45, 2.75) is 69.3 Å². The van der Waals surface area contributed by atoms with Gasteiger partial charge in [-0.1, -0.05) is 0 Å². The summed E-state index contributed by atoms with van der Waals surface area (Å²) in [6, 6.07) is -5.31. The highest BCUT2D eigenvalue weighted by atomic mass is 32.2. The monoisotopic (exact) mass is 493 g/mol. The van der Waals surface area contributed by atoms with Gasteiger partial charge in [-0.2, -0.15) is 11.8 Å². The second kappa shape index (κ2) is 16.2. The van der Waals surface area contributed by atoms with Gasteiger partial charge in [0.1, 0.15) is 24.2 Å². The molecule has 14 heteroatoms. The normalized spacial score (nSPS) is 15.4. The molecule has 5 atom stereocenters. The molecule has 0 spiro atoms. The van der Waals surface area contributed by atoms with Gasteiger partial charge in [-0.25, -0.2) is 4.79 Å². The molecule has 0 rings (SSSR count). The second-order valence-corrected chi connectivity index (χ2v) is 8.44. The number of aliphatic hydroxyl groups is 1. The number of aliphatic carboxylic acids is 2. The van der Waals surface area contributed by atoms with Crippen LogP contribution in [0.5, 0.6) is 0 Å². The maximum Gasteiger partial charge on any atom is 0.326 e. The Bertz CT molecular complexity index is 679. The van der Waals surface area contributed by atoms with E-state index >= 15 is 0 Å². The average molecular weight is 494 g/mol. The molecule has 3 amide bonds. The number of amides is 3. The predicted octanol–water partition coefficient (Wildman–Crippen LogP) is -2.41. The molecule has 0 saturated carbocycles. The van der Waals surface area contributed by atoms with Crippen molar-refractivity contribution >= 4 is 41.4 Å². The number of carbonyl (C=O) groups is 5. The third-order valence-corrected chi connectivity index (χ3v) is 5.28. The van der Waals surface area contributed by atoms with Crippen molar-refractivity contribution in [1.82, 2.24) is 16.0 Å². The lowest BCUT2D eigenvalue weighted by molar-refractivity contribution is -0.143. The molecule has 0 aliphatic heterocycles. The van der Waals surface area contributed by atoms with E-state index in [0.29, 0.717) is 25.1 Å². The molecule has 33 heavy (non-hydrogen) atoms. The van der Waals surface area contributed by atoms with Gasteiger partial charge < -0.3 is 42.7 Å². The molecule has 0 aromatic carbocycles. The molecule has 0 aliphatic carbocycles. The third-order valence-electron chi connectivity index (χ3n) is 4.64. The summed E-state index contributed by atoms with van der Waals surface area (Å²) in [7, 11) is 0. The molecule has 0 aromatic heterocycles. The summed E-state index contributed by atoms with van der Waals surface area (Å²) in [6.45, 7) is 1.63. The number of carboxylic acids is 2. The predicted molar refractivity (Wildman–Crippen MR) is 121 cm³/mol. The van der Waals surface area contributed by atoms with Crippen LogP contribution in [0, 0.1) is 0 Å². The molecule has 0 radical (unpaired) electrons. The maximum absolute atomic E-state index is 12.7. The molecule has 0 bridgehead atoms. The van der Waals surface area contributed by atoms with Crippen LogP contribution in [0.2, 0.25) is 0 Å². The molecule has 0 fully saturated rings. The Balaban J connectivity index is 5.43. The van der Waals surface area contributed by atoms with E-state index in [1.165, 1.54) is 18.7 Å². The lowest BCUT2D eigenvalue weighted by atomic mass is 10.1. The summed E-state index contributed by atoms with van der Waals surface area (Å²) in [5.41, 5.74) is 10.9. The number of hydrogen-bond acceptors (Lipinski definition) is 9. The van der Waals surface area contributed by atoms with Crippen LogP contribution in [0.4, 0.5) is 0 Å². The van der Waals surface area contributed by atoms with E-state index in [0.717, 1.165) is 0 Å². The van der Waals surface area contributed by atoms with Gasteiger partial charge in [-0.15, -0.1) is 0 Å². The Labute approximate surface area is 196 Å². The van der Waals surface area contributed by atoms with E-state index in [9.17, 15) is 34.2 Å². The lowest BCUT2D eigenvalue weighted by Crippen LogP contribution is -2.58. The van der Waals surface area contributed by atoms with E-state index in [1.807, 2.05) is 0 Å². The first-order chi connectivity index (χ1) is 15.4. The van der Waals surface area contributed by atoms with Crippen LogP contribution in [-0.2, 0) is 24.0 Å². The highest BCUT2D eigenvalue weighted by Crippen LogP contribution is 2.06. The number of thioether (sulfide) groups is 1. The number of unbranched alkanes of at least 4 members (excludes halogenated alkanes) is 1. The van der Waals surface area contributed by atoms with Gasteiger partial charge in [0, 0.05) is 0 Å². The molecular formula is C19H35N5O8S. The smallest absolute Gasteiger partial charge is 0.326 e. The number of rotatable bonds is 17. The fraction of sp³-hybridized carbons (Fsp3) is 0.737. The fourth-order valence-corrected chi connectivity index (χ4v) is 3.14. The second-order valence-electron chi connectivity index (χ2n) is 7.45. The Hall–Kier alpha value is -2.42. The van der Waals surface area contributed by atoms with E-state index in [4.69, 9.17) is 16.6 Å². The number of carbonyl (C=O) groups excluding carboxylic acids is 3. The molecule has 5 unspecified atom stereocenters. The Kier molecular flexibility index (Phi) is 15.0. The SMILES string of the molecule is CSCCC(NC(=O)C(CC(=O)O)NC(=O)C(N)C(C)O)C(=O)NC(CCCCN)C(=O)O. The number of aliphatic hydroxyl groups excluding tert-OH is 1. The van der Waals surface area contributed by atoms with Gasteiger partial charge in [0.05, 0.1) is 12.5 Å². The topological polar surface area (TPSA) is 234 Å². The number of nitrogens with two attached hydrogens (primary N) is 2. The van der Waals surface area contributed by atoms with Crippen LogP contribution in [-0.4, -0.2) is 93.8 Å². The molecular weight excluding hydrogens is 458 g/mol. The molecule has 10 N–H and O–H groups in total. The quantitative estimate of drug-likeness (QED) is 0.0993. The van der Waals surface area contributed by atoms with E-state index in [1.54, 1.807) is 6.26 Å². The first-order valence-corrected chi connectivity index (χ1v) is 11.8. The Morgan fingerprint density at radius 3 is 1.91 bits per heavy atom. The van der Waals surface area contributed by atoms with Crippen molar-refractivity contribution < 1.29 is 39.3 Å². The van der Waals surface area contributed by atoms with Crippen molar-refractivity contribution in [2.24, 2.45) is 11.5 Å². The van der Waals surface area contributed by atoms with Crippen molar-refractivity contribution in [2.75, 3.05) is 18.6 Å². The van der Waals surface area contributed by atoms with Crippen LogP contribution in [0.25, 0.3) is 0 Å². The largest absolute Gasteiger partial charge is 0.481 e. The molecule has 190 valence electrons. The van der Waals surface area contributed by atoms with Crippen molar-refractivity contribution in [3.05, 3.63) is 0 Å². The summed E-state index contributed by atoms with van der Waals surface area (Å²) < 4.78 is 0. The number of hydrogen-bond donors (Lipinski definition) is 8. The lowest BCUT2D eigenvalue weighted by Gasteiger charge is -2.25. The van der Waals surface area contributed by atoms with Gasteiger partial charge in [-0.3, -0.25) is 19.2 Å².